The zero-order valence-corrected chi connectivity index (χ0v) is 12.1. The molecule has 0 atom stereocenters. The van der Waals surface area contributed by atoms with E-state index in [0.717, 1.165) is 18.4 Å². The second kappa shape index (κ2) is 4.77. The molecule has 2 aliphatic rings. The maximum absolute atomic E-state index is 12.0. The van der Waals surface area contributed by atoms with Gasteiger partial charge in [-0.05, 0) is 48.9 Å². The average Bonchev–Trinajstić information content (AvgIpc) is 3.21. The van der Waals surface area contributed by atoms with Gasteiger partial charge in [0, 0.05) is 6.54 Å². The number of carbonyl (C=O) groups excluding carboxylic acids is 1. The molecule has 0 bridgehead atoms. The predicted molar refractivity (Wildman–Crippen MR) is 75.5 cm³/mol. The highest BCUT2D eigenvalue weighted by Crippen LogP contribution is 2.43. The lowest BCUT2D eigenvalue weighted by Crippen LogP contribution is -2.25. The first kappa shape index (κ1) is 13.4. The molecule has 0 aromatic heterocycles. The molecule has 6 heteroatoms. The van der Waals surface area contributed by atoms with Crippen molar-refractivity contribution >= 4 is 21.7 Å². The van der Waals surface area contributed by atoms with E-state index >= 15 is 0 Å². The lowest BCUT2D eigenvalue weighted by atomic mass is 10.0. The first-order valence-corrected chi connectivity index (χ1v) is 8.36. The van der Waals surface area contributed by atoms with Crippen LogP contribution in [0.25, 0.3) is 0 Å². The van der Waals surface area contributed by atoms with E-state index in [4.69, 9.17) is 4.74 Å². The standard InChI is InChI=1S/C14H17NO4S/c1-19-14(16)12-6-5-11(9-13(12)10-3-4-10)15-7-2-8-20(15,17)18/h5-6,9-10H,2-4,7-8H2,1H3. The summed E-state index contributed by atoms with van der Waals surface area (Å²) in [7, 11) is -1.82. The lowest BCUT2D eigenvalue weighted by Gasteiger charge is -2.19. The molecule has 3 rings (SSSR count). The number of nitrogens with zero attached hydrogens (tertiary/aromatic N) is 1. The molecule has 1 aromatic carbocycles. The van der Waals surface area contributed by atoms with E-state index in [2.05, 4.69) is 0 Å². The number of methoxy groups -OCH3 is 1. The van der Waals surface area contributed by atoms with Crippen LogP contribution in [0.15, 0.2) is 18.2 Å². The molecule has 2 fully saturated rings. The van der Waals surface area contributed by atoms with E-state index in [0.29, 0.717) is 30.1 Å². The van der Waals surface area contributed by atoms with Gasteiger partial charge in [0.05, 0.1) is 24.1 Å². The SMILES string of the molecule is COC(=O)c1ccc(N2CCCS2(=O)=O)cc1C1CC1. The number of hydrogen-bond donors (Lipinski definition) is 0. The second-order valence-corrected chi connectivity index (χ2v) is 7.29. The molecule has 0 amide bonds. The predicted octanol–water partition coefficient (Wildman–Crippen LogP) is 1.89. The number of benzene rings is 1. The molecule has 1 heterocycles. The van der Waals surface area contributed by atoms with Gasteiger partial charge in [-0.15, -0.1) is 0 Å². The van der Waals surface area contributed by atoms with Gasteiger partial charge >= 0.3 is 5.97 Å². The topological polar surface area (TPSA) is 63.7 Å². The molecule has 0 unspecified atom stereocenters. The Labute approximate surface area is 118 Å². The van der Waals surface area contributed by atoms with Crippen molar-refractivity contribution in [3.63, 3.8) is 0 Å². The number of sulfonamides is 1. The third kappa shape index (κ3) is 2.28. The fourth-order valence-electron chi connectivity index (χ4n) is 2.66. The molecule has 1 saturated heterocycles. The van der Waals surface area contributed by atoms with Crippen molar-refractivity contribution in [2.45, 2.75) is 25.2 Å². The van der Waals surface area contributed by atoms with Crippen molar-refractivity contribution in [1.82, 2.24) is 0 Å². The summed E-state index contributed by atoms with van der Waals surface area (Å²) in [4.78, 5) is 11.8. The molecule has 0 radical (unpaired) electrons. The summed E-state index contributed by atoms with van der Waals surface area (Å²) in [6.45, 7) is 0.518. The summed E-state index contributed by atoms with van der Waals surface area (Å²) in [5.41, 5.74) is 2.13. The fourth-order valence-corrected chi connectivity index (χ4v) is 4.22. The van der Waals surface area contributed by atoms with E-state index in [1.165, 1.54) is 11.4 Å². The van der Waals surface area contributed by atoms with E-state index < -0.39 is 10.0 Å². The van der Waals surface area contributed by atoms with Gasteiger partial charge in [-0.2, -0.15) is 0 Å². The zero-order valence-electron chi connectivity index (χ0n) is 11.3. The first-order valence-electron chi connectivity index (χ1n) is 6.75. The van der Waals surface area contributed by atoms with E-state index in [9.17, 15) is 13.2 Å². The van der Waals surface area contributed by atoms with Crippen LogP contribution in [0.5, 0.6) is 0 Å². The number of ether oxygens (including phenoxy) is 1. The van der Waals surface area contributed by atoms with Crippen LogP contribution in [0.4, 0.5) is 5.69 Å². The van der Waals surface area contributed by atoms with Crippen LogP contribution in [0, 0.1) is 0 Å². The van der Waals surface area contributed by atoms with Crippen molar-refractivity contribution in [2.75, 3.05) is 23.7 Å². The smallest absolute Gasteiger partial charge is 0.338 e. The Morgan fingerprint density at radius 3 is 2.65 bits per heavy atom. The minimum Gasteiger partial charge on any atom is -0.465 e. The van der Waals surface area contributed by atoms with Crippen LogP contribution in [0.2, 0.25) is 0 Å². The third-order valence-corrected chi connectivity index (χ3v) is 5.71. The largest absolute Gasteiger partial charge is 0.465 e. The van der Waals surface area contributed by atoms with Gasteiger partial charge in [0.1, 0.15) is 0 Å². The molecule has 108 valence electrons. The Kier molecular flexibility index (Phi) is 3.20. The number of esters is 1. The van der Waals surface area contributed by atoms with E-state index in [1.807, 2.05) is 6.07 Å². The van der Waals surface area contributed by atoms with Gasteiger partial charge in [-0.25, -0.2) is 13.2 Å². The molecule has 1 aromatic rings. The zero-order chi connectivity index (χ0) is 14.3. The Balaban J connectivity index is 2.02. The van der Waals surface area contributed by atoms with Crippen LogP contribution in [0.1, 0.15) is 41.1 Å². The number of carbonyl (C=O) groups is 1. The van der Waals surface area contributed by atoms with Crippen molar-refractivity contribution < 1.29 is 17.9 Å². The molecule has 20 heavy (non-hydrogen) atoms. The van der Waals surface area contributed by atoms with Gasteiger partial charge in [-0.3, -0.25) is 4.31 Å². The van der Waals surface area contributed by atoms with Gasteiger partial charge in [0.15, 0.2) is 0 Å². The van der Waals surface area contributed by atoms with E-state index in [-0.39, 0.29) is 11.7 Å². The van der Waals surface area contributed by atoms with Crippen LogP contribution in [-0.4, -0.2) is 33.8 Å². The van der Waals surface area contributed by atoms with Crippen molar-refractivity contribution in [2.24, 2.45) is 0 Å². The summed E-state index contributed by atoms with van der Waals surface area (Å²) in [5, 5.41) is 0. The molecule has 0 spiro atoms. The summed E-state index contributed by atoms with van der Waals surface area (Å²) in [6, 6.07) is 5.22. The number of anilines is 1. The minimum absolute atomic E-state index is 0.199. The Bertz CT molecular complexity index is 649. The maximum atomic E-state index is 12.0. The van der Waals surface area contributed by atoms with Gasteiger partial charge in [0.25, 0.3) is 0 Å². The summed E-state index contributed by atoms with van der Waals surface area (Å²) >= 11 is 0. The summed E-state index contributed by atoms with van der Waals surface area (Å²) in [6.07, 6.45) is 2.74. The Hall–Kier alpha value is -1.56. The highest BCUT2D eigenvalue weighted by Gasteiger charge is 2.32. The van der Waals surface area contributed by atoms with Crippen LogP contribution in [-0.2, 0) is 14.8 Å². The molecule has 5 nitrogen and oxygen atoms in total. The molecule has 1 aliphatic heterocycles. The van der Waals surface area contributed by atoms with Crippen LogP contribution in [0.3, 0.4) is 0 Å². The van der Waals surface area contributed by atoms with E-state index in [1.54, 1.807) is 12.1 Å². The summed E-state index contributed by atoms with van der Waals surface area (Å²) < 4.78 is 30.2. The van der Waals surface area contributed by atoms with Crippen LogP contribution < -0.4 is 4.31 Å². The van der Waals surface area contributed by atoms with Gasteiger partial charge in [-0.1, -0.05) is 0 Å². The normalized spacial score (nSPS) is 20.9. The van der Waals surface area contributed by atoms with Crippen molar-refractivity contribution in [3.05, 3.63) is 29.3 Å². The minimum atomic E-state index is -3.18. The molecule has 1 saturated carbocycles. The molecule has 1 aliphatic carbocycles. The second-order valence-electron chi connectivity index (χ2n) is 5.28. The maximum Gasteiger partial charge on any atom is 0.338 e. The monoisotopic (exact) mass is 295 g/mol. The lowest BCUT2D eigenvalue weighted by molar-refractivity contribution is 0.0599. The number of hydrogen-bond acceptors (Lipinski definition) is 4. The quantitative estimate of drug-likeness (QED) is 0.799. The highest BCUT2D eigenvalue weighted by molar-refractivity contribution is 7.93. The Morgan fingerprint density at radius 2 is 2.10 bits per heavy atom. The van der Waals surface area contributed by atoms with Gasteiger partial charge < -0.3 is 4.74 Å². The van der Waals surface area contributed by atoms with Crippen molar-refractivity contribution in [1.29, 1.82) is 0 Å². The first-order chi connectivity index (χ1) is 9.53. The fraction of sp³-hybridized carbons (Fsp3) is 0.500. The molecule has 0 N–H and O–H groups in total. The van der Waals surface area contributed by atoms with Crippen molar-refractivity contribution in [3.8, 4) is 0 Å². The summed E-state index contributed by atoms with van der Waals surface area (Å²) in [5.74, 6) is 0.196. The molecular weight excluding hydrogens is 278 g/mol. The number of rotatable bonds is 3. The highest BCUT2D eigenvalue weighted by atomic mass is 32.2. The average molecular weight is 295 g/mol. The molecular formula is C14H17NO4S. The van der Waals surface area contributed by atoms with Gasteiger partial charge in [0.2, 0.25) is 10.0 Å². The third-order valence-electron chi connectivity index (χ3n) is 3.84. The van der Waals surface area contributed by atoms with Crippen LogP contribution >= 0.6 is 0 Å². The Morgan fingerprint density at radius 1 is 1.35 bits per heavy atom.